The molecule has 0 aromatic carbocycles. The molecule has 1 aromatic heterocycles. The predicted octanol–water partition coefficient (Wildman–Crippen LogP) is 1.37. The molecule has 1 aliphatic rings. The monoisotopic (exact) mass is 149 g/mol. The van der Waals surface area contributed by atoms with Crippen LogP contribution < -0.4 is 0 Å². The Kier molecular flexibility index (Phi) is 1.43. The van der Waals surface area contributed by atoms with Crippen LogP contribution in [0.15, 0.2) is 12.1 Å². The lowest BCUT2D eigenvalue weighted by molar-refractivity contribution is 0.180. The van der Waals surface area contributed by atoms with Gasteiger partial charge in [0.1, 0.15) is 0 Å². The van der Waals surface area contributed by atoms with Gasteiger partial charge in [-0.2, -0.15) is 0 Å². The molecule has 0 fully saturated rings. The van der Waals surface area contributed by atoms with E-state index in [0.29, 0.717) is 0 Å². The average Bonchev–Trinajstić information content (AvgIpc) is 2.32. The fourth-order valence-corrected chi connectivity index (χ4v) is 1.55. The number of pyridine rings is 1. The first-order valence-electron chi connectivity index (χ1n) is 3.92. The Morgan fingerprint density at radius 3 is 3.18 bits per heavy atom. The first-order valence-corrected chi connectivity index (χ1v) is 3.92. The zero-order valence-corrected chi connectivity index (χ0v) is 6.54. The fourth-order valence-electron chi connectivity index (χ4n) is 1.55. The van der Waals surface area contributed by atoms with Crippen LogP contribution in [0.25, 0.3) is 0 Å². The Balaban J connectivity index is 2.50. The van der Waals surface area contributed by atoms with Crippen molar-refractivity contribution in [3.63, 3.8) is 0 Å². The Hall–Kier alpha value is -0.890. The number of aryl methyl sites for hydroxylation is 2. The summed E-state index contributed by atoms with van der Waals surface area (Å²) in [6.45, 7) is 1.98. The standard InChI is InChI=1S/C9H11NO/c1-6-2-3-7-8(10-6)4-5-9(7)11/h2-3,9,11H,4-5H2,1H3. The number of fused-ring (bicyclic) bond motifs is 1. The molecule has 0 saturated heterocycles. The molecular formula is C9H11NO. The maximum absolute atomic E-state index is 9.43. The number of aliphatic hydroxyl groups excluding tert-OH is 1. The van der Waals surface area contributed by atoms with Gasteiger partial charge in [-0.25, -0.2) is 0 Å². The molecule has 0 aliphatic heterocycles. The minimum absolute atomic E-state index is 0.266. The Morgan fingerprint density at radius 1 is 1.55 bits per heavy atom. The van der Waals surface area contributed by atoms with Gasteiger partial charge in [-0.05, 0) is 25.8 Å². The molecule has 11 heavy (non-hydrogen) atoms. The van der Waals surface area contributed by atoms with E-state index in [0.717, 1.165) is 29.8 Å². The lowest BCUT2D eigenvalue weighted by Crippen LogP contribution is -1.92. The third kappa shape index (κ3) is 1.03. The van der Waals surface area contributed by atoms with E-state index in [1.54, 1.807) is 0 Å². The predicted molar refractivity (Wildman–Crippen MR) is 42.3 cm³/mol. The average molecular weight is 149 g/mol. The number of aromatic nitrogens is 1. The van der Waals surface area contributed by atoms with Crippen LogP contribution in [0.3, 0.4) is 0 Å². The van der Waals surface area contributed by atoms with Gasteiger partial charge < -0.3 is 5.11 Å². The lowest BCUT2D eigenvalue weighted by Gasteiger charge is -2.02. The summed E-state index contributed by atoms with van der Waals surface area (Å²) in [5.41, 5.74) is 3.14. The summed E-state index contributed by atoms with van der Waals surface area (Å²) in [4.78, 5) is 4.34. The summed E-state index contributed by atoms with van der Waals surface area (Å²) in [5, 5.41) is 9.43. The van der Waals surface area contributed by atoms with Crippen LogP contribution in [0.5, 0.6) is 0 Å². The van der Waals surface area contributed by atoms with E-state index in [1.807, 2.05) is 19.1 Å². The van der Waals surface area contributed by atoms with Crippen LogP contribution >= 0.6 is 0 Å². The lowest BCUT2D eigenvalue weighted by atomic mass is 10.2. The van der Waals surface area contributed by atoms with E-state index in [2.05, 4.69) is 4.98 Å². The second-order valence-corrected chi connectivity index (χ2v) is 3.04. The van der Waals surface area contributed by atoms with Crippen LogP contribution in [0.4, 0.5) is 0 Å². The summed E-state index contributed by atoms with van der Waals surface area (Å²) in [6, 6.07) is 3.93. The van der Waals surface area contributed by atoms with E-state index in [9.17, 15) is 5.11 Å². The Bertz CT molecular complexity index is 283. The van der Waals surface area contributed by atoms with Crippen LogP contribution in [0.2, 0.25) is 0 Å². The number of rotatable bonds is 0. The maximum atomic E-state index is 9.43. The largest absolute Gasteiger partial charge is 0.388 e. The van der Waals surface area contributed by atoms with Crippen molar-refractivity contribution in [3.8, 4) is 0 Å². The second-order valence-electron chi connectivity index (χ2n) is 3.04. The molecule has 0 radical (unpaired) electrons. The van der Waals surface area contributed by atoms with Crippen LogP contribution in [-0.4, -0.2) is 10.1 Å². The highest BCUT2D eigenvalue weighted by atomic mass is 16.3. The number of nitrogens with zero attached hydrogens (tertiary/aromatic N) is 1. The second kappa shape index (κ2) is 2.31. The minimum atomic E-state index is -0.266. The summed E-state index contributed by atoms with van der Waals surface area (Å²) in [5.74, 6) is 0. The van der Waals surface area contributed by atoms with Gasteiger partial charge in [0.05, 0.1) is 6.10 Å². The highest BCUT2D eigenvalue weighted by Gasteiger charge is 2.20. The van der Waals surface area contributed by atoms with E-state index in [-0.39, 0.29) is 6.10 Å². The first kappa shape index (κ1) is 6.80. The Morgan fingerprint density at radius 2 is 2.36 bits per heavy atom. The van der Waals surface area contributed by atoms with Crippen LogP contribution in [0, 0.1) is 6.92 Å². The molecule has 0 bridgehead atoms. The van der Waals surface area contributed by atoms with Gasteiger partial charge in [0.15, 0.2) is 0 Å². The summed E-state index contributed by atoms with van der Waals surface area (Å²) >= 11 is 0. The molecule has 0 spiro atoms. The van der Waals surface area contributed by atoms with Gasteiger partial charge >= 0.3 is 0 Å². The van der Waals surface area contributed by atoms with Gasteiger partial charge in [0.2, 0.25) is 0 Å². The highest BCUT2D eigenvalue weighted by Crippen LogP contribution is 2.29. The first-order chi connectivity index (χ1) is 5.27. The summed E-state index contributed by atoms with van der Waals surface area (Å²) in [6.07, 6.45) is 1.50. The zero-order chi connectivity index (χ0) is 7.84. The normalized spacial score (nSPS) is 21.8. The minimum Gasteiger partial charge on any atom is -0.388 e. The van der Waals surface area contributed by atoms with Crippen LogP contribution in [0.1, 0.15) is 29.5 Å². The zero-order valence-electron chi connectivity index (χ0n) is 6.54. The van der Waals surface area contributed by atoms with E-state index in [4.69, 9.17) is 0 Å². The van der Waals surface area contributed by atoms with Crippen molar-refractivity contribution in [1.29, 1.82) is 0 Å². The summed E-state index contributed by atoms with van der Waals surface area (Å²) < 4.78 is 0. The van der Waals surface area contributed by atoms with E-state index in [1.165, 1.54) is 0 Å². The van der Waals surface area contributed by atoms with Crippen molar-refractivity contribution in [2.45, 2.75) is 25.9 Å². The summed E-state index contributed by atoms with van der Waals surface area (Å²) in [7, 11) is 0. The number of aliphatic hydroxyl groups is 1. The maximum Gasteiger partial charge on any atom is 0.0811 e. The SMILES string of the molecule is Cc1ccc2c(n1)CCC2O. The molecule has 1 N–H and O–H groups in total. The van der Waals surface area contributed by atoms with E-state index < -0.39 is 0 Å². The molecule has 1 heterocycles. The third-order valence-electron chi connectivity index (χ3n) is 2.16. The number of hydrogen-bond donors (Lipinski definition) is 1. The molecule has 2 rings (SSSR count). The smallest absolute Gasteiger partial charge is 0.0811 e. The van der Waals surface area contributed by atoms with Gasteiger partial charge in [0, 0.05) is 17.0 Å². The molecule has 0 saturated carbocycles. The number of hydrogen-bond acceptors (Lipinski definition) is 2. The van der Waals surface area contributed by atoms with Crippen molar-refractivity contribution >= 4 is 0 Å². The van der Waals surface area contributed by atoms with Crippen molar-refractivity contribution < 1.29 is 5.11 Å². The molecule has 0 amide bonds. The van der Waals surface area contributed by atoms with E-state index >= 15 is 0 Å². The molecule has 1 atom stereocenters. The molecule has 1 unspecified atom stereocenters. The molecule has 58 valence electrons. The van der Waals surface area contributed by atoms with Gasteiger partial charge in [-0.15, -0.1) is 0 Å². The van der Waals surface area contributed by atoms with Crippen LogP contribution in [-0.2, 0) is 6.42 Å². The van der Waals surface area contributed by atoms with Crippen molar-refractivity contribution in [2.75, 3.05) is 0 Å². The molecule has 2 nitrogen and oxygen atoms in total. The fraction of sp³-hybridized carbons (Fsp3) is 0.444. The van der Waals surface area contributed by atoms with Crippen molar-refractivity contribution in [1.82, 2.24) is 4.98 Å². The van der Waals surface area contributed by atoms with Crippen molar-refractivity contribution in [2.24, 2.45) is 0 Å². The molecule has 2 heteroatoms. The van der Waals surface area contributed by atoms with Gasteiger partial charge in [0.25, 0.3) is 0 Å². The van der Waals surface area contributed by atoms with Crippen molar-refractivity contribution in [3.05, 3.63) is 29.1 Å². The molecule has 1 aromatic rings. The molecule has 1 aliphatic carbocycles. The molecular weight excluding hydrogens is 138 g/mol. The third-order valence-corrected chi connectivity index (χ3v) is 2.16. The topological polar surface area (TPSA) is 33.1 Å². The quantitative estimate of drug-likeness (QED) is 0.604. The van der Waals surface area contributed by atoms with Gasteiger partial charge in [-0.1, -0.05) is 6.07 Å². The highest BCUT2D eigenvalue weighted by molar-refractivity contribution is 5.28. The Labute approximate surface area is 65.9 Å². The van der Waals surface area contributed by atoms with Gasteiger partial charge in [-0.3, -0.25) is 4.98 Å².